The Labute approximate surface area is 74.7 Å². The molecule has 0 saturated carbocycles. The van der Waals surface area contributed by atoms with Gasteiger partial charge in [-0.3, -0.25) is 0 Å². The van der Waals surface area contributed by atoms with Crippen LogP contribution in [0.4, 0.5) is 0 Å². The highest BCUT2D eigenvalue weighted by molar-refractivity contribution is 5.75. The minimum atomic E-state index is 0.714. The molecule has 0 aliphatic heterocycles. The fourth-order valence-corrected chi connectivity index (χ4v) is 0.901. The van der Waals surface area contributed by atoms with Gasteiger partial charge in [-0.2, -0.15) is 5.10 Å². The molecule has 0 aliphatic rings. The van der Waals surface area contributed by atoms with E-state index in [4.69, 9.17) is 4.42 Å². The molecule has 66 valence electrons. The number of furan rings is 1. The zero-order valence-corrected chi connectivity index (χ0v) is 7.08. The van der Waals surface area contributed by atoms with E-state index in [-0.39, 0.29) is 0 Å². The van der Waals surface area contributed by atoms with Gasteiger partial charge in [0.15, 0.2) is 0 Å². The van der Waals surface area contributed by atoms with Crippen LogP contribution in [0.1, 0.15) is 11.5 Å². The lowest BCUT2D eigenvalue weighted by Crippen LogP contribution is -1.84. The van der Waals surface area contributed by atoms with E-state index in [0.717, 1.165) is 5.76 Å². The van der Waals surface area contributed by atoms with Crippen LogP contribution in [-0.4, -0.2) is 21.1 Å². The molecule has 0 unspecified atom stereocenters. The van der Waals surface area contributed by atoms with Crippen LogP contribution < -0.4 is 0 Å². The van der Waals surface area contributed by atoms with Crippen molar-refractivity contribution in [1.82, 2.24) is 14.9 Å². The van der Waals surface area contributed by atoms with Gasteiger partial charge >= 0.3 is 0 Å². The molecular formula is C8H8N4O. The van der Waals surface area contributed by atoms with Crippen LogP contribution in [0.15, 0.2) is 34.3 Å². The summed E-state index contributed by atoms with van der Waals surface area (Å²) in [6, 6.07) is 3.73. The molecule has 2 aromatic heterocycles. The summed E-state index contributed by atoms with van der Waals surface area (Å²) in [5, 5.41) is 11.2. The van der Waals surface area contributed by atoms with Gasteiger partial charge in [-0.15, -0.1) is 10.2 Å². The fraction of sp³-hybridized carbons (Fsp3) is 0.125. The molecule has 0 aromatic carbocycles. The Morgan fingerprint density at radius 1 is 1.38 bits per heavy atom. The Morgan fingerprint density at radius 2 is 2.15 bits per heavy atom. The largest absolute Gasteiger partial charge is 0.460 e. The predicted molar refractivity (Wildman–Crippen MR) is 46.5 cm³/mol. The van der Waals surface area contributed by atoms with Gasteiger partial charge < -0.3 is 4.42 Å². The zero-order valence-electron chi connectivity index (χ0n) is 7.08. The molecule has 13 heavy (non-hydrogen) atoms. The summed E-state index contributed by atoms with van der Waals surface area (Å²) >= 11 is 0. The average Bonchev–Trinajstić information content (AvgIpc) is 2.71. The number of aromatic nitrogens is 3. The molecule has 0 aliphatic carbocycles. The van der Waals surface area contributed by atoms with Crippen molar-refractivity contribution in [2.45, 2.75) is 6.92 Å². The summed E-state index contributed by atoms with van der Waals surface area (Å²) in [4.78, 5) is 0. The minimum Gasteiger partial charge on any atom is -0.460 e. The minimum absolute atomic E-state index is 0.714. The van der Waals surface area contributed by atoms with E-state index in [1.165, 1.54) is 17.3 Å². The smallest absolute Gasteiger partial charge is 0.147 e. The van der Waals surface area contributed by atoms with E-state index in [1.807, 2.05) is 19.1 Å². The Kier molecular flexibility index (Phi) is 1.91. The number of nitrogens with zero attached hydrogens (tertiary/aromatic N) is 4. The second kappa shape index (κ2) is 3.22. The molecule has 0 bridgehead atoms. The molecule has 5 heteroatoms. The van der Waals surface area contributed by atoms with Crippen LogP contribution >= 0.6 is 0 Å². The number of hydrogen-bond acceptors (Lipinski definition) is 4. The molecule has 2 aromatic rings. The molecule has 0 N–H and O–H groups in total. The first-order valence-corrected chi connectivity index (χ1v) is 3.80. The SMILES string of the molecule is Cc1ccc(C=Nn2cnnc2)o1. The van der Waals surface area contributed by atoms with Crippen molar-refractivity contribution >= 4 is 6.21 Å². The van der Waals surface area contributed by atoms with Crippen LogP contribution in [0.25, 0.3) is 0 Å². The van der Waals surface area contributed by atoms with Gasteiger partial charge in [-0.25, -0.2) is 4.68 Å². The summed E-state index contributed by atoms with van der Waals surface area (Å²) in [6.07, 6.45) is 4.62. The van der Waals surface area contributed by atoms with Gasteiger partial charge in [0.05, 0.1) is 6.21 Å². The molecule has 0 amide bonds. The highest BCUT2D eigenvalue weighted by Crippen LogP contribution is 2.02. The topological polar surface area (TPSA) is 56.2 Å². The van der Waals surface area contributed by atoms with Gasteiger partial charge in [0.1, 0.15) is 24.2 Å². The van der Waals surface area contributed by atoms with Crippen molar-refractivity contribution in [3.63, 3.8) is 0 Å². The summed E-state index contributed by atoms with van der Waals surface area (Å²) in [5.74, 6) is 1.58. The maximum atomic E-state index is 5.28. The molecule has 5 nitrogen and oxygen atoms in total. The van der Waals surface area contributed by atoms with Crippen molar-refractivity contribution in [3.05, 3.63) is 36.3 Å². The number of rotatable bonds is 2. The quantitative estimate of drug-likeness (QED) is 0.643. The Bertz CT molecular complexity index is 401. The Morgan fingerprint density at radius 3 is 2.77 bits per heavy atom. The van der Waals surface area contributed by atoms with Crippen molar-refractivity contribution in [3.8, 4) is 0 Å². The van der Waals surface area contributed by atoms with Gasteiger partial charge in [0.2, 0.25) is 0 Å². The molecule has 0 atom stereocenters. The van der Waals surface area contributed by atoms with Crippen molar-refractivity contribution in [2.75, 3.05) is 0 Å². The van der Waals surface area contributed by atoms with Gasteiger partial charge in [0.25, 0.3) is 0 Å². The Balaban J connectivity index is 2.14. The molecule has 0 fully saturated rings. The summed E-state index contributed by atoms with van der Waals surface area (Å²) in [5.41, 5.74) is 0. The summed E-state index contributed by atoms with van der Waals surface area (Å²) in [6.45, 7) is 1.89. The Hall–Kier alpha value is -1.91. The second-order valence-electron chi connectivity index (χ2n) is 2.53. The summed E-state index contributed by atoms with van der Waals surface area (Å²) in [7, 11) is 0. The zero-order chi connectivity index (χ0) is 9.10. The third kappa shape index (κ3) is 1.81. The van der Waals surface area contributed by atoms with Gasteiger partial charge in [0, 0.05) is 0 Å². The van der Waals surface area contributed by atoms with E-state index >= 15 is 0 Å². The van der Waals surface area contributed by atoms with E-state index in [9.17, 15) is 0 Å². The maximum Gasteiger partial charge on any atom is 0.147 e. The normalized spacial score (nSPS) is 11.2. The molecular weight excluding hydrogens is 168 g/mol. The van der Waals surface area contributed by atoms with Crippen molar-refractivity contribution < 1.29 is 4.42 Å². The van der Waals surface area contributed by atoms with E-state index in [0.29, 0.717) is 5.76 Å². The molecule has 2 rings (SSSR count). The van der Waals surface area contributed by atoms with Crippen LogP contribution in [0.5, 0.6) is 0 Å². The third-order valence-electron chi connectivity index (χ3n) is 1.49. The van der Waals surface area contributed by atoms with E-state index in [2.05, 4.69) is 15.3 Å². The molecule has 0 spiro atoms. The molecule has 0 radical (unpaired) electrons. The van der Waals surface area contributed by atoms with Gasteiger partial charge in [-0.05, 0) is 19.1 Å². The van der Waals surface area contributed by atoms with Crippen molar-refractivity contribution in [2.24, 2.45) is 5.10 Å². The highest BCUT2D eigenvalue weighted by atomic mass is 16.3. The fourth-order valence-electron chi connectivity index (χ4n) is 0.901. The second-order valence-corrected chi connectivity index (χ2v) is 2.53. The van der Waals surface area contributed by atoms with E-state index in [1.54, 1.807) is 6.21 Å². The van der Waals surface area contributed by atoms with Crippen LogP contribution in [-0.2, 0) is 0 Å². The highest BCUT2D eigenvalue weighted by Gasteiger charge is 1.93. The first-order valence-electron chi connectivity index (χ1n) is 3.80. The molecule has 0 saturated heterocycles. The van der Waals surface area contributed by atoms with E-state index < -0.39 is 0 Å². The lowest BCUT2D eigenvalue weighted by molar-refractivity contribution is 0.527. The van der Waals surface area contributed by atoms with Crippen LogP contribution in [0.2, 0.25) is 0 Å². The lowest BCUT2D eigenvalue weighted by Gasteiger charge is -1.86. The number of hydrogen-bond donors (Lipinski definition) is 0. The molecule has 2 heterocycles. The monoisotopic (exact) mass is 176 g/mol. The van der Waals surface area contributed by atoms with Gasteiger partial charge in [-0.1, -0.05) is 0 Å². The standard InChI is InChI=1S/C8H8N4O/c1-7-2-3-8(13-7)4-11-12-5-9-10-6-12/h2-6H,1H3. The maximum absolute atomic E-state index is 5.28. The summed E-state index contributed by atoms with van der Waals surface area (Å²) < 4.78 is 6.78. The van der Waals surface area contributed by atoms with Crippen LogP contribution in [0.3, 0.4) is 0 Å². The van der Waals surface area contributed by atoms with Crippen molar-refractivity contribution in [1.29, 1.82) is 0 Å². The first kappa shape index (κ1) is 7.72. The van der Waals surface area contributed by atoms with Crippen LogP contribution in [0, 0.1) is 6.92 Å². The first-order chi connectivity index (χ1) is 6.34. The predicted octanol–water partition coefficient (Wildman–Crippen LogP) is 1.06. The number of aryl methyl sites for hydroxylation is 1. The average molecular weight is 176 g/mol. The lowest BCUT2D eigenvalue weighted by atomic mass is 10.4. The third-order valence-corrected chi connectivity index (χ3v) is 1.49.